The van der Waals surface area contributed by atoms with Crippen LogP contribution >= 0.6 is 23.2 Å². The first kappa shape index (κ1) is 31.7. The lowest BCUT2D eigenvalue weighted by molar-refractivity contribution is -0.114. The monoisotopic (exact) mass is 641 g/mol. The van der Waals surface area contributed by atoms with Gasteiger partial charge in [0.15, 0.2) is 11.5 Å². The predicted octanol–water partition coefficient (Wildman–Crippen LogP) is 5.82. The van der Waals surface area contributed by atoms with Gasteiger partial charge in [0.1, 0.15) is 6.54 Å². The third-order valence-electron chi connectivity index (χ3n) is 6.41. The van der Waals surface area contributed by atoms with Crippen LogP contribution in [0.1, 0.15) is 15.9 Å². The average Bonchev–Trinajstić information content (AvgIpc) is 3.02. The molecule has 224 valence electrons. The highest BCUT2D eigenvalue weighted by atomic mass is 35.5. The maximum absolute atomic E-state index is 13.6. The van der Waals surface area contributed by atoms with E-state index in [9.17, 15) is 18.0 Å². The van der Waals surface area contributed by atoms with Crippen molar-refractivity contribution in [3.63, 3.8) is 0 Å². The Balaban J connectivity index is 1.51. The number of carbonyl (C=O) groups excluding carboxylic acids is 2. The number of rotatable bonds is 12. The summed E-state index contributed by atoms with van der Waals surface area (Å²) in [6.07, 6.45) is 0.521. The van der Waals surface area contributed by atoms with Crippen LogP contribution in [0.15, 0.2) is 95.9 Å². The first-order chi connectivity index (χ1) is 20.6. The van der Waals surface area contributed by atoms with E-state index >= 15 is 0 Å². The van der Waals surface area contributed by atoms with Crippen molar-refractivity contribution in [3.05, 3.63) is 112 Å². The molecule has 2 N–H and O–H groups in total. The number of para-hydroxylation sites is 1. The number of hydrogen-bond donors (Lipinski definition) is 2. The molecule has 4 rings (SSSR count). The number of halogens is 2. The largest absolute Gasteiger partial charge is 0.493 e. The summed E-state index contributed by atoms with van der Waals surface area (Å²) in [7, 11) is -1.12. The van der Waals surface area contributed by atoms with Crippen molar-refractivity contribution in [2.45, 2.75) is 11.3 Å². The minimum atomic E-state index is -4.22. The lowest BCUT2D eigenvalue weighted by Gasteiger charge is -2.25. The average molecular weight is 643 g/mol. The topological polar surface area (TPSA) is 114 Å². The normalized spacial score (nSPS) is 11.0. The van der Waals surface area contributed by atoms with Gasteiger partial charge in [0.05, 0.1) is 46.1 Å². The zero-order chi connectivity index (χ0) is 31.0. The zero-order valence-corrected chi connectivity index (χ0v) is 25.7. The molecule has 4 aromatic carbocycles. The Hall–Kier alpha value is -4.25. The Kier molecular flexibility index (Phi) is 10.5. The summed E-state index contributed by atoms with van der Waals surface area (Å²) in [5.74, 6) is 0.0821. The van der Waals surface area contributed by atoms with E-state index in [4.69, 9.17) is 32.7 Å². The first-order valence-corrected chi connectivity index (χ1v) is 15.2. The van der Waals surface area contributed by atoms with Gasteiger partial charge >= 0.3 is 0 Å². The van der Waals surface area contributed by atoms with E-state index in [2.05, 4.69) is 10.6 Å². The van der Waals surface area contributed by atoms with E-state index in [-0.39, 0.29) is 31.9 Å². The number of carbonyl (C=O) groups is 2. The molecule has 0 saturated heterocycles. The molecule has 12 heteroatoms. The van der Waals surface area contributed by atoms with Crippen LogP contribution in [-0.4, -0.2) is 47.5 Å². The molecule has 0 aliphatic rings. The van der Waals surface area contributed by atoms with Crippen LogP contribution in [-0.2, 0) is 21.2 Å². The van der Waals surface area contributed by atoms with E-state index in [1.165, 1.54) is 30.3 Å². The number of hydrogen-bond acceptors (Lipinski definition) is 6. The summed E-state index contributed by atoms with van der Waals surface area (Å²) in [5, 5.41) is 5.63. The standard InChI is InChI=1S/C31H29Cl2N3O6S/c1-41-27-16-15-21(19-28(27)42-2)17-18-34-31(38)23-11-6-7-13-25(23)35-29(37)20-36(26-14-8-12-24(32)30(26)33)43(39,40)22-9-4-3-5-10-22/h3-16,19H,17-18,20H2,1-2H3,(H,34,38)(H,35,37). The molecular formula is C31H29Cl2N3O6S. The third kappa shape index (κ3) is 7.59. The molecule has 0 fully saturated rings. The van der Waals surface area contributed by atoms with Gasteiger partial charge in [-0.25, -0.2) is 8.42 Å². The van der Waals surface area contributed by atoms with Gasteiger partial charge in [-0.3, -0.25) is 13.9 Å². The Labute approximate surface area is 260 Å². The lowest BCUT2D eigenvalue weighted by Crippen LogP contribution is -2.38. The number of sulfonamides is 1. The molecule has 0 unspecified atom stereocenters. The summed E-state index contributed by atoms with van der Waals surface area (Å²) in [5.41, 5.74) is 1.39. The maximum atomic E-state index is 13.6. The van der Waals surface area contributed by atoms with Crippen molar-refractivity contribution in [1.82, 2.24) is 5.32 Å². The van der Waals surface area contributed by atoms with Crippen LogP contribution in [0.3, 0.4) is 0 Å². The molecule has 0 aliphatic heterocycles. The van der Waals surface area contributed by atoms with Crippen molar-refractivity contribution in [2.75, 3.05) is 36.9 Å². The highest BCUT2D eigenvalue weighted by Crippen LogP contribution is 2.35. The van der Waals surface area contributed by atoms with E-state index in [0.717, 1.165) is 9.87 Å². The highest BCUT2D eigenvalue weighted by Gasteiger charge is 2.29. The number of benzene rings is 4. The van der Waals surface area contributed by atoms with Gasteiger partial charge in [-0.2, -0.15) is 0 Å². The first-order valence-electron chi connectivity index (χ1n) is 13.1. The molecular weight excluding hydrogens is 613 g/mol. The van der Waals surface area contributed by atoms with Crippen molar-refractivity contribution >= 4 is 56.4 Å². The summed E-state index contributed by atoms with van der Waals surface area (Å²) in [6, 6.07) is 24.1. The van der Waals surface area contributed by atoms with Gasteiger partial charge in [-0.1, -0.05) is 65.7 Å². The van der Waals surface area contributed by atoms with Gasteiger partial charge in [0.2, 0.25) is 5.91 Å². The molecule has 43 heavy (non-hydrogen) atoms. The van der Waals surface area contributed by atoms with Crippen LogP contribution in [0.2, 0.25) is 10.0 Å². The van der Waals surface area contributed by atoms with Gasteiger partial charge in [0.25, 0.3) is 15.9 Å². The summed E-state index contributed by atoms with van der Waals surface area (Å²) < 4.78 is 38.8. The molecule has 0 aromatic heterocycles. The maximum Gasteiger partial charge on any atom is 0.264 e. The van der Waals surface area contributed by atoms with Crippen molar-refractivity contribution in [3.8, 4) is 11.5 Å². The van der Waals surface area contributed by atoms with Gasteiger partial charge in [-0.15, -0.1) is 0 Å². The number of nitrogens with one attached hydrogen (secondary N) is 2. The summed E-state index contributed by atoms with van der Waals surface area (Å²) >= 11 is 12.6. The molecule has 0 saturated carbocycles. The van der Waals surface area contributed by atoms with Crippen LogP contribution in [0.4, 0.5) is 11.4 Å². The minimum Gasteiger partial charge on any atom is -0.493 e. The number of nitrogens with zero attached hydrogens (tertiary/aromatic N) is 1. The smallest absolute Gasteiger partial charge is 0.264 e. The number of amides is 2. The second-order valence-electron chi connectivity index (χ2n) is 9.19. The molecule has 0 radical (unpaired) electrons. The van der Waals surface area contributed by atoms with Crippen LogP contribution in [0.25, 0.3) is 0 Å². The minimum absolute atomic E-state index is 0.0225. The van der Waals surface area contributed by atoms with Crippen molar-refractivity contribution in [2.24, 2.45) is 0 Å². The molecule has 0 bridgehead atoms. The van der Waals surface area contributed by atoms with E-state index in [1.54, 1.807) is 62.8 Å². The van der Waals surface area contributed by atoms with Crippen LogP contribution < -0.4 is 24.4 Å². The second kappa shape index (κ2) is 14.3. The highest BCUT2D eigenvalue weighted by molar-refractivity contribution is 7.92. The third-order valence-corrected chi connectivity index (χ3v) is 8.99. The molecule has 9 nitrogen and oxygen atoms in total. The Morgan fingerprint density at radius 2 is 1.53 bits per heavy atom. The number of anilines is 2. The second-order valence-corrected chi connectivity index (χ2v) is 11.8. The fourth-order valence-corrected chi connectivity index (χ4v) is 6.17. The predicted molar refractivity (Wildman–Crippen MR) is 168 cm³/mol. The summed E-state index contributed by atoms with van der Waals surface area (Å²) in [4.78, 5) is 26.4. The SMILES string of the molecule is COc1ccc(CCNC(=O)c2ccccc2NC(=O)CN(c2cccc(Cl)c2Cl)S(=O)(=O)c2ccccc2)cc1OC. The fraction of sp³-hybridized carbons (Fsp3) is 0.161. The molecule has 0 atom stereocenters. The van der Waals surface area contributed by atoms with Crippen LogP contribution in [0.5, 0.6) is 11.5 Å². The quantitative estimate of drug-likeness (QED) is 0.202. The zero-order valence-electron chi connectivity index (χ0n) is 23.3. The fourth-order valence-electron chi connectivity index (χ4n) is 4.27. The van der Waals surface area contributed by atoms with E-state index in [1.807, 2.05) is 12.1 Å². The Bertz CT molecular complexity index is 1720. The lowest BCUT2D eigenvalue weighted by atomic mass is 10.1. The van der Waals surface area contributed by atoms with Crippen molar-refractivity contribution in [1.29, 1.82) is 0 Å². The van der Waals surface area contributed by atoms with Crippen molar-refractivity contribution < 1.29 is 27.5 Å². The number of methoxy groups -OCH3 is 2. The Morgan fingerprint density at radius 1 is 0.837 bits per heavy atom. The molecule has 0 spiro atoms. The molecule has 0 heterocycles. The molecule has 4 aromatic rings. The number of ether oxygens (including phenoxy) is 2. The van der Waals surface area contributed by atoms with Gasteiger partial charge in [-0.05, 0) is 60.5 Å². The molecule has 0 aliphatic carbocycles. The molecule has 2 amide bonds. The van der Waals surface area contributed by atoms with Crippen LogP contribution in [0, 0.1) is 0 Å². The van der Waals surface area contributed by atoms with Gasteiger partial charge in [0, 0.05) is 6.54 Å². The summed E-state index contributed by atoms with van der Waals surface area (Å²) in [6.45, 7) is -0.320. The van der Waals surface area contributed by atoms with Gasteiger partial charge < -0.3 is 20.1 Å². The van der Waals surface area contributed by atoms with E-state index in [0.29, 0.717) is 24.5 Å². The van der Waals surface area contributed by atoms with E-state index < -0.39 is 28.4 Å². The Morgan fingerprint density at radius 3 is 2.26 bits per heavy atom.